The number of nitrogens with zero attached hydrogens (tertiary/aromatic N) is 1. The minimum Gasteiger partial charge on any atom is -0.449 e. The summed E-state index contributed by atoms with van der Waals surface area (Å²) in [5.74, 6) is 0. The first-order valence-corrected chi connectivity index (χ1v) is 6.08. The fourth-order valence-corrected chi connectivity index (χ4v) is 1.22. The summed E-state index contributed by atoms with van der Waals surface area (Å²) < 4.78 is 5.03. The highest BCUT2D eigenvalue weighted by molar-refractivity contribution is 5.67. The third-order valence-corrected chi connectivity index (χ3v) is 2.34. The Kier molecular flexibility index (Phi) is 8.96. The van der Waals surface area contributed by atoms with Crippen LogP contribution in [0.3, 0.4) is 0 Å². The summed E-state index contributed by atoms with van der Waals surface area (Å²) in [5, 5.41) is 18.9. The first-order chi connectivity index (χ1) is 8.54. The number of unbranched alkanes of at least 4 members (excludes halogenated alkanes) is 1. The Morgan fingerprint density at radius 3 is 2.17 bits per heavy atom. The molecule has 0 aromatic carbocycles. The van der Waals surface area contributed by atoms with Crippen molar-refractivity contribution >= 4 is 6.09 Å². The summed E-state index contributed by atoms with van der Waals surface area (Å²) in [6.07, 6.45) is 2.12. The van der Waals surface area contributed by atoms with Gasteiger partial charge in [0.25, 0.3) is 0 Å². The van der Waals surface area contributed by atoms with Crippen molar-refractivity contribution in [3.8, 4) is 0 Å². The van der Waals surface area contributed by atoms with Gasteiger partial charge in [0, 0.05) is 0 Å². The molecule has 18 heavy (non-hydrogen) atoms. The summed E-state index contributed by atoms with van der Waals surface area (Å²) >= 11 is 0. The summed E-state index contributed by atoms with van der Waals surface area (Å²) in [5.41, 5.74) is 0. The first-order valence-electron chi connectivity index (χ1n) is 6.08. The second-order valence-corrected chi connectivity index (χ2v) is 3.98. The molecule has 0 aliphatic heterocycles. The van der Waals surface area contributed by atoms with Crippen LogP contribution in [0.5, 0.6) is 0 Å². The average Bonchev–Trinajstić information content (AvgIpc) is 2.37. The van der Waals surface area contributed by atoms with Gasteiger partial charge in [-0.15, -0.1) is 13.2 Å². The van der Waals surface area contributed by atoms with Gasteiger partial charge in [0.05, 0.1) is 31.9 Å². The normalized spacial score (nSPS) is 13.5. The van der Waals surface area contributed by atoms with E-state index in [-0.39, 0.29) is 13.1 Å². The van der Waals surface area contributed by atoms with Crippen molar-refractivity contribution in [1.82, 2.24) is 4.90 Å². The van der Waals surface area contributed by atoms with E-state index in [1.807, 2.05) is 6.92 Å². The van der Waals surface area contributed by atoms with Gasteiger partial charge in [-0.3, -0.25) is 0 Å². The molecule has 5 heteroatoms. The van der Waals surface area contributed by atoms with E-state index >= 15 is 0 Å². The minimum atomic E-state index is -0.847. The minimum absolute atomic E-state index is 0.0410. The van der Waals surface area contributed by atoms with Gasteiger partial charge in [-0.25, -0.2) is 4.79 Å². The van der Waals surface area contributed by atoms with E-state index in [1.54, 1.807) is 0 Å². The second-order valence-electron chi connectivity index (χ2n) is 3.98. The summed E-state index contributed by atoms with van der Waals surface area (Å²) in [4.78, 5) is 13.0. The number of carbonyl (C=O) groups is 1. The van der Waals surface area contributed by atoms with Gasteiger partial charge in [0.2, 0.25) is 0 Å². The molecule has 2 atom stereocenters. The fraction of sp³-hybridized carbons (Fsp3) is 0.615. The largest absolute Gasteiger partial charge is 0.449 e. The Hall–Kier alpha value is -1.33. The molecule has 5 nitrogen and oxygen atoms in total. The smallest absolute Gasteiger partial charge is 0.409 e. The Labute approximate surface area is 108 Å². The molecule has 0 saturated heterocycles. The van der Waals surface area contributed by atoms with Crippen LogP contribution in [0, 0.1) is 0 Å². The number of aliphatic hydroxyl groups is 2. The van der Waals surface area contributed by atoms with Gasteiger partial charge in [0.15, 0.2) is 0 Å². The third kappa shape index (κ3) is 7.09. The quantitative estimate of drug-likeness (QED) is 0.483. The van der Waals surface area contributed by atoms with E-state index in [9.17, 15) is 15.0 Å². The molecule has 2 N–H and O–H groups in total. The maximum atomic E-state index is 11.7. The van der Waals surface area contributed by atoms with Gasteiger partial charge in [-0.2, -0.15) is 0 Å². The van der Waals surface area contributed by atoms with Crippen molar-refractivity contribution in [3.63, 3.8) is 0 Å². The van der Waals surface area contributed by atoms with E-state index in [0.717, 1.165) is 12.8 Å². The van der Waals surface area contributed by atoms with Crippen LogP contribution in [0.4, 0.5) is 4.79 Å². The van der Waals surface area contributed by atoms with Crippen molar-refractivity contribution in [2.24, 2.45) is 0 Å². The molecule has 0 radical (unpaired) electrons. The molecule has 0 rings (SSSR count). The highest BCUT2D eigenvalue weighted by Gasteiger charge is 2.19. The monoisotopic (exact) mass is 257 g/mol. The molecule has 0 heterocycles. The zero-order valence-electron chi connectivity index (χ0n) is 10.9. The molecule has 0 spiro atoms. The molecule has 1 amide bonds. The zero-order chi connectivity index (χ0) is 14.0. The Bertz CT molecular complexity index is 252. The van der Waals surface area contributed by atoms with Gasteiger partial charge in [-0.05, 0) is 6.42 Å². The maximum absolute atomic E-state index is 11.7. The van der Waals surface area contributed by atoms with Gasteiger partial charge >= 0.3 is 6.09 Å². The molecule has 0 aliphatic carbocycles. The van der Waals surface area contributed by atoms with E-state index in [2.05, 4.69) is 13.2 Å². The van der Waals surface area contributed by atoms with Gasteiger partial charge in [-0.1, -0.05) is 25.5 Å². The molecule has 104 valence electrons. The van der Waals surface area contributed by atoms with Crippen LogP contribution in [-0.2, 0) is 4.74 Å². The lowest BCUT2D eigenvalue weighted by atomic mass is 10.3. The molecular formula is C13H23NO4. The standard InChI is InChI=1S/C13H23NO4/c1-4-7-8-18-13(17)14(9-11(15)5-2)10-12(16)6-3/h5-6,11-12,15-16H,2-4,7-10H2,1H3. The Morgan fingerprint density at radius 2 is 1.78 bits per heavy atom. The number of amides is 1. The number of carbonyl (C=O) groups excluding carboxylic acids is 1. The Morgan fingerprint density at radius 1 is 1.28 bits per heavy atom. The van der Waals surface area contributed by atoms with Gasteiger partial charge < -0.3 is 19.8 Å². The average molecular weight is 257 g/mol. The summed E-state index contributed by atoms with van der Waals surface area (Å²) in [6, 6.07) is 0. The highest BCUT2D eigenvalue weighted by Crippen LogP contribution is 2.02. The fourth-order valence-electron chi connectivity index (χ4n) is 1.22. The lowest BCUT2D eigenvalue weighted by molar-refractivity contribution is 0.0655. The Balaban J connectivity index is 4.38. The van der Waals surface area contributed by atoms with Crippen molar-refractivity contribution in [1.29, 1.82) is 0 Å². The van der Waals surface area contributed by atoms with Crippen molar-refractivity contribution in [2.75, 3.05) is 19.7 Å². The van der Waals surface area contributed by atoms with E-state index in [4.69, 9.17) is 4.74 Å². The number of hydrogen-bond acceptors (Lipinski definition) is 4. The highest BCUT2D eigenvalue weighted by atomic mass is 16.6. The number of rotatable bonds is 9. The van der Waals surface area contributed by atoms with Crippen LogP contribution < -0.4 is 0 Å². The van der Waals surface area contributed by atoms with E-state index in [1.165, 1.54) is 17.1 Å². The zero-order valence-corrected chi connectivity index (χ0v) is 10.9. The van der Waals surface area contributed by atoms with Crippen LogP contribution in [0.1, 0.15) is 19.8 Å². The number of ether oxygens (including phenoxy) is 1. The van der Waals surface area contributed by atoms with Crippen LogP contribution in [-0.4, -0.2) is 53.1 Å². The molecule has 0 saturated carbocycles. The lowest BCUT2D eigenvalue weighted by Gasteiger charge is -2.24. The molecule has 0 aromatic heterocycles. The summed E-state index contributed by atoms with van der Waals surface area (Å²) in [6.45, 7) is 9.28. The van der Waals surface area contributed by atoms with Crippen molar-refractivity contribution in [3.05, 3.63) is 25.3 Å². The predicted octanol–water partition coefficient (Wildman–Crippen LogP) is 1.32. The van der Waals surface area contributed by atoms with Crippen LogP contribution in [0.25, 0.3) is 0 Å². The molecule has 0 aromatic rings. The van der Waals surface area contributed by atoms with Gasteiger partial charge in [0.1, 0.15) is 0 Å². The molecule has 2 unspecified atom stereocenters. The second kappa shape index (κ2) is 9.67. The van der Waals surface area contributed by atoms with E-state index < -0.39 is 18.3 Å². The molecular weight excluding hydrogens is 234 g/mol. The third-order valence-electron chi connectivity index (χ3n) is 2.34. The topological polar surface area (TPSA) is 70.0 Å². The predicted molar refractivity (Wildman–Crippen MR) is 70.2 cm³/mol. The van der Waals surface area contributed by atoms with E-state index in [0.29, 0.717) is 6.61 Å². The molecule has 0 fully saturated rings. The molecule has 0 bridgehead atoms. The van der Waals surface area contributed by atoms with Crippen molar-refractivity contribution < 1.29 is 19.7 Å². The number of hydrogen-bond donors (Lipinski definition) is 2. The van der Waals surface area contributed by atoms with Crippen LogP contribution >= 0.6 is 0 Å². The summed E-state index contributed by atoms with van der Waals surface area (Å²) in [7, 11) is 0. The van der Waals surface area contributed by atoms with Crippen LogP contribution in [0.15, 0.2) is 25.3 Å². The molecule has 0 aliphatic rings. The SMILES string of the molecule is C=CC(O)CN(CC(O)C=C)C(=O)OCCCC. The van der Waals surface area contributed by atoms with Crippen LogP contribution in [0.2, 0.25) is 0 Å². The lowest BCUT2D eigenvalue weighted by Crippen LogP contribution is -2.41. The van der Waals surface area contributed by atoms with Crippen molar-refractivity contribution in [2.45, 2.75) is 32.0 Å². The maximum Gasteiger partial charge on any atom is 0.409 e. The number of aliphatic hydroxyl groups excluding tert-OH is 2. The first kappa shape index (κ1) is 16.7.